The molecule has 1 saturated heterocycles. The molecule has 1 aromatic rings. The molecule has 0 radical (unpaired) electrons. The van der Waals surface area contributed by atoms with E-state index in [4.69, 9.17) is 4.42 Å². The van der Waals surface area contributed by atoms with Crippen LogP contribution in [0.25, 0.3) is 0 Å². The van der Waals surface area contributed by atoms with E-state index < -0.39 is 0 Å². The van der Waals surface area contributed by atoms with Crippen LogP contribution in [-0.2, 0) is 11.2 Å². The molecule has 1 aliphatic heterocycles. The molecule has 1 aromatic heterocycles. The molecule has 0 aliphatic carbocycles. The third kappa shape index (κ3) is 4.31. The van der Waals surface area contributed by atoms with Crippen LogP contribution in [0.1, 0.15) is 19.1 Å². The molecule has 0 spiro atoms. The molecule has 1 fully saturated rings. The van der Waals surface area contributed by atoms with Gasteiger partial charge in [-0.1, -0.05) is 11.8 Å². The van der Waals surface area contributed by atoms with E-state index >= 15 is 0 Å². The van der Waals surface area contributed by atoms with Crippen LogP contribution < -0.4 is 5.32 Å². The summed E-state index contributed by atoms with van der Waals surface area (Å²) in [5, 5.41) is 2.99. The second kappa shape index (κ2) is 6.65. The highest BCUT2D eigenvalue weighted by atomic mass is 32.2. The third-order valence-corrected chi connectivity index (χ3v) is 3.84. The van der Waals surface area contributed by atoms with Crippen molar-refractivity contribution in [2.24, 2.45) is 0 Å². The van der Waals surface area contributed by atoms with Crippen molar-refractivity contribution < 1.29 is 14.0 Å². The Bertz CT molecular complexity index is 433. The van der Waals surface area contributed by atoms with Crippen LogP contribution >= 0.6 is 11.8 Å². The number of amides is 2. The van der Waals surface area contributed by atoms with Crippen molar-refractivity contribution in [3.63, 3.8) is 0 Å². The van der Waals surface area contributed by atoms with Gasteiger partial charge in [0.25, 0.3) is 5.24 Å². The predicted octanol–water partition coefficient (Wildman–Crippen LogP) is 1.89. The number of nitrogens with zero attached hydrogens (tertiary/aromatic N) is 1. The summed E-state index contributed by atoms with van der Waals surface area (Å²) in [4.78, 5) is 24.8. The molecule has 0 unspecified atom stereocenters. The molecule has 2 rings (SSSR count). The van der Waals surface area contributed by atoms with Gasteiger partial charge in [-0.15, -0.1) is 0 Å². The lowest BCUT2D eigenvalue weighted by atomic mass is 10.2. The normalized spacial score (nSPS) is 16.7. The van der Waals surface area contributed by atoms with Crippen molar-refractivity contribution in [1.29, 1.82) is 0 Å². The summed E-state index contributed by atoms with van der Waals surface area (Å²) in [5.41, 5.74) is 0. The van der Waals surface area contributed by atoms with Crippen LogP contribution in [-0.4, -0.2) is 40.9 Å². The summed E-state index contributed by atoms with van der Waals surface area (Å²) >= 11 is 1.32. The number of thioether (sulfide) groups is 1. The zero-order valence-corrected chi connectivity index (χ0v) is 11.7. The number of nitrogens with one attached hydrogen (secondary N) is 1. The molecule has 0 aromatic carbocycles. The van der Waals surface area contributed by atoms with E-state index in [1.54, 1.807) is 11.2 Å². The first kappa shape index (κ1) is 14.0. The molecule has 0 saturated carbocycles. The lowest BCUT2D eigenvalue weighted by Gasteiger charge is -2.16. The highest BCUT2D eigenvalue weighted by Gasteiger charge is 2.21. The Kier molecular flexibility index (Phi) is 4.90. The summed E-state index contributed by atoms with van der Waals surface area (Å²) in [6, 6.07) is 3.76. The molecule has 1 aliphatic rings. The lowest BCUT2D eigenvalue weighted by molar-refractivity contribution is -0.121. The molecule has 1 N–H and O–H groups in total. The first-order chi connectivity index (χ1) is 9.15. The van der Waals surface area contributed by atoms with Crippen molar-refractivity contribution in [2.75, 3.05) is 18.8 Å². The fourth-order valence-electron chi connectivity index (χ4n) is 1.99. The van der Waals surface area contributed by atoms with Gasteiger partial charge in [-0.25, -0.2) is 0 Å². The van der Waals surface area contributed by atoms with E-state index in [9.17, 15) is 9.59 Å². The first-order valence-electron chi connectivity index (χ1n) is 6.38. The van der Waals surface area contributed by atoms with Crippen LogP contribution in [0.5, 0.6) is 0 Å². The zero-order chi connectivity index (χ0) is 13.7. The summed E-state index contributed by atoms with van der Waals surface area (Å²) in [6.07, 6.45) is 2.66. The van der Waals surface area contributed by atoms with Gasteiger partial charge in [-0.05, 0) is 19.1 Å². The standard InChI is InChI=1S/C13H18N2O3S/c1-10(9-11-3-2-7-18-11)14-12(16)4-5-15-6-8-19-13(15)17/h2-3,7,10H,4-6,8-9H2,1H3,(H,14,16)/t10-/m0/s1. The Morgan fingerprint density at radius 3 is 3.11 bits per heavy atom. The van der Waals surface area contributed by atoms with Crippen LogP contribution in [0.15, 0.2) is 22.8 Å². The third-order valence-electron chi connectivity index (χ3n) is 2.95. The Morgan fingerprint density at radius 1 is 1.63 bits per heavy atom. The number of carbonyl (C=O) groups excluding carboxylic acids is 2. The van der Waals surface area contributed by atoms with Gasteiger partial charge in [-0.3, -0.25) is 9.59 Å². The average molecular weight is 282 g/mol. The Morgan fingerprint density at radius 2 is 2.47 bits per heavy atom. The van der Waals surface area contributed by atoms with Crippen molar-refractivity contribution >= 4 is 22.9 Å². The molecule has 19 heavy (non-hydrogen) atoms. The quantitative estimate of drug-likeness (QED) is 0.865. The van der Waals surface area contributed by atoms with Gasteiger partial charge < -0.3 is 14.6 Å². The summed E-state index contributed by atoms with van der Waals surface area (Å²) in [7, 11) is 0. The van der Waals surface area contributed by atoms with Gasteiger partial charge in [0.05, 0.1) is 6.26 Å². The first-order valence-corrected chi connectivity index (χ1v) is 7.37. The van der Waals surface area contributed by atoms with Gasteiger partial charge >= 0.3 is 0 Å². The predicted molar refractivity (Wildman–Crippen MR) is 74.1 cm³/mol. The number of furan rings is 1. The van der Waals surface area contributed by atoms with E-state index in [2.05, 4.69) is 5.32 Å². The number of hydrogen-bond donors (Lipinski definition) is 1. The highest BCUT2D eigenvalue weighted by molar-refractivity contribution is 8.13. The van der Waals surface area contributed by atoms with E-state index in [1.165, 1.54) is 11.8 Å². The second-order valence-electron chi connectivity index (χ2n) is 4.60. The fourth-order valence-corrected chi connectivity index (χ4v) is 2.85. The summed E-state index contributed by atoms with van der Waals surface area (Å²) in [5.74, 6) is 1.66. The summed E-state index contributed by atoms with van der Waals surface area (Å²) < 4.78 is 5.23. The zero-order valence-electron chi connectivity index (χ0n) is 10.9. The second-order valence-corrected chi connectivity index (χ2v) is 5.65. The monoisotopic (exact) mass is 282 g/mol. The Balaban J connectivity index is 1.67. The smallest absolute Gasteiger partial charge is 0.281 e. The van der Waals surface area contributed by atoms with Crippen LogP contribution in [0.3, 0.4) is 0 Å². The van der Waals surface area contributed by atoms with Gasteiger partial charge in [0.1, 0.15) is 5.76 Å². The van der Waals surface area contributed by atoms with E-state index in [0.29, 0.717) is 19.4 Å². The van der Waals surface area contributed by atoms with Gasteiger partial charge in [0, 0.05) is 37.7 Å². The van der Waals surface area contributed by atoms with Crippen molar-refractivity contribution in [2.45, 2.75) is 25.8 Å². The maximum Gasteiger partial charge on any atom is 0.281 e. The molecule has 104 valence electrons. The molecule has 5 nitrogen and oxygen atoms in total. The maximum absolute atomic E-state index is 11.8. The van der Waals surface area contributed by atoms with Gasteiger partial charge in [-0.2, -0.15) is 0 Å². The minimum Gasteiger partial charge on any atom is -0.469 e. The van der Waals surface area contributed by atoms with E-state index in [-0.39, 0.29) is 17.2 Å². The minimum atomic E-state index is -0.0243. The summed E-state index contributed by atoms with van der Waals surface area (Å²) in [6.45, 7) is 3.20. The maximum atomic E-state index is 11.8. The number of rotatable bonds is 6. The van der Waals surface area contributed by atoms with E-state index in [0.717, 1.165) is 18.1 Å². The molecular formula is C13H18N2O3S. The van der Waals surface area contributed by atoms with Crippen LogP contribution in [0, 0.1) is 0 Å². The molecule has 0 bridgehead atoms. The molecular weight excluding hydrogens is 264 g/mol. The average Bonchev–Trinajstić information content (AvgIpc) is 2.98. The number of hydrogen-bond acceptors (Lipinski definition) is 4. The Labute approximate surface area is 116 Å². The van der Waals surface area contributed by atoms with Crippen LogP contribution in [0.2, 0.25) is 0 Å². The molecule has 2 amide bonds. The van der Waals surface area contributed by atoms with Crippen molar-refractivity contribution in [1.82, 2.24) is 10.2 Å². The van der Waals surface area contributed by atoms with Gasteiger partial charge in [0.2, 0.25) is 5.91 Å². The fraction of sp³-hybridized carbons (Fsp3) is 0.538. The SMILES string of the molecule is C[C@@H](Cc1ccco1)NC(=O)CCN1CCSC1=O. The lowest BCUT2D eigenvalue weighted by Crippen LogP contribution is -2.36. The Hall–Kier alpha value is -1.43. The van der Waals surface area contributed by atoms with E-state index in [1.807, 2.05) is 19.1 Å². The molecule has 6 heteroatoms. The van der Waals surface area contributed by atoms with Gasteiger partial charge in [0.15, 0.2) is 0 Å². The number of carbonyl (C=O) groups is 2. The molecule has 1 atom stereocenters. The molecule has 2 heterocycles. The largest absolute Gasteiger partial charge is 0.469 e. The van der Waals surface area contributed by atoms with Crippen LogP contribution in [0.4, 0.5) is 4.79 Å². The topological polar surface area (TPSA) is 62.6 Å². The highest BCUT2D eigenvalue weighted by Crippen LogP contribution is 2.17. The minimum absolute atomic E-state index is 0.0243. The van der Waals surface area contributed by atoms with Crippen molar-refractivity contribution in [3.8, 4) is 0 Å². The van der Waals surface area contributed by atoms with Crippen molar-refractivity contribution in [3.05, 3.63) is 24.2 Å².